The summed E-state index contributed by atoms with van der Waals surface area (Å²) in [6.07, 6.45) is 2.76. The molecule has 1 aliphatic rings. The largest absolute Gasteiger partial charge is 0.494 e. The summed E-state index contributed by atoms with van der Waals surface area (Å²) in [7, 11) is 3.25. The molecule has 1 aliphatic heterocycles. The van der Waals surface area contributed by atoms with Gasteiger partial charge in [0.1, 0.15) is 28.9 Å². The van der Waals surface area contributed by atoms with E-state index in [1.807, 2.05) is 6.26 Å². The number of aromatic nitrogens is 3. The van der Waals surface area contributed by atoms with Gasteiger partial charge in [-0.05, 0) is 19.2 Å². The highest BCUT2D eigenvalue weighted by molar-refractivity contribution is 7.96. The average Bonchev–Trinajstić information content (AvgIpc) is 3.47. The van der Waals surface area contributed by atoms with E-state index in [0.29, 0.717) is 12.1 Å². The van der Waals surface area contributed by atoms with E-state index in [9.17, 15) is 26.7 Å². The van der Waals surface area contributed by atoms with Gasteiger partial charge in [0, 0.05) is 56.6 Å². The Bertz CT molecular complexity index is 1490. The Balaban J connectivity index is 0.000000643. The van der Waals surface area contributed by atoms with Crippen LogP contribution in [-0.4, -0.2) is 41.4 Å². The Kier molecular flexibility index (Phi) is 9.46. The van der Waals surface area contributed by atoms with Gasteiger partial charge in [-0.2, -0.15) is 8.78 Å². The fourth-order valence-corrected chi connectivity index (χ4v) is 4.16. The molecule has 0 fully saturated rings. The second kappa shape index (κ2) is 12.2. The van der Waals surface area contributed by atoms with Crippen molar-refractivity contribution < 1.29 is 35.9 Å². The molecule has 0 amide bonds. The van der Waals surface area contributed by atoms with E-state index in [-0.39, 0.29) is 41.3 Å². The molecule has 39 heavy (non-hydrogen) atoms. The van der Waals surface area contributed by atoms with Crippen LogP contribution >= 0.6 is 11.9 Å². The van der Waals surface area contributed by atoms with Crippen molar-refractivity contribution in [1.29, 1.82) is 0 Å². The molecule has 1 atom stereocenters. The quantitative estimate of drug-likeness (QED) is 0.254. The van der Waals surface area contributed by atoms with Crippen molar-refractivity contribution in [1.82, 2.24) is 14.3 Å². The van der Waals surface area contributed by atoms with Gasteiger partial charge in [-0.1, -0.05) is 24.0 Å². The molecule has 8 nitrogen and oxygen atoms in total. The molecule has 0 bridgehead atoms. The molecule has 0 aliphatic carbocycles. The third-order valence-corrected chi connectivity index (χ3v) is 5.74. The van der Waals surface area contributed by atoms with Crippen LogP contribution < -0.4 is 15.6 Å². The first-order valence-electron chi connectivity index (χ1n) is 11.5. The lowest BCUT2D eigenvalue weighted by molar-refractivity contribution is -0.0454. The number of fused-ring (bicyclic) bond motifs is 2. The minimum atomic E-state index is -3.25. The highest BCUT2D eigenvalue weighted by Gasteiger charge is 2.48. The van der Waals surface area contributed by atoms with E-state index in [0.717, 1.165) is 15.3 Å². The third-order valence-electron chi connectivity index (χ3n) is 5.74. The Morgan fingerprint density at radius 1 is 1.18 bits per heavy atom. The Morgan fingerprint density at radius 3 is 2.31 bits per heavy atom. The van der Waals surface area contributed by atoms with E-state index in [2.05, 4.69) is 9.89 Å². The van der Waals surface area contributed by atoms with Crippen molar-refractivity contribution in [3.05, 3.63) is 64.1 Å². The molecule has 2 aromatic carbocycles. The number of alkyl halides is 2. The fraction of sp³-hybridized carbons (Fsp3) is 0.360. The minimum Gasteiger partial charge on any atom is -0.494 e. The number of ether oxygens (including phenoxy) is 2. The highest BCUT2D eigenvalue weighted by atomic mass is 32.2. The van der Waals surface area contributed by atoms with E-state index in [1.54, 1.807) is 21.1 Å². The lowest BCUT2D eigenvalue weighted by Crippen LogP contribution is -2.24. The van der Waals surface area contributed by atoms with Crippen LogP contribution in [0.4, 0.5) is 22.0 Å². The number of hydrogen-bond acceptors (Lipinski definition) is 7. The van der Waals surface area contributed by atoms with Gasteiger partial charge in [-0.15, -0.1) is 0 Å². The van der Waals surface area contributed by atoms with Crippen LogP contribution in [-0.2, 0) is 17.2 Å². The zero-order chi connectivity index (χ0) is 29.1. The summed E-state index contributed by atoms with van der Waals surface area (Å²) >= 11 is 1.25. The molecule has 3 heterocycles. The molecule has 4 aromatic rings. The summed E-state index contributed by atoms with van der Waals surface area (Å²) in [4.78, 5) is 12.9. The second-order valence-corrected chi connectivity index (χ2v) is 8.94. The number of imidazole rings is 1. The maximum absolute atomic E-state index is 14.7. The van der Waals surface area contributed by atoms with Crippen LogP contribution in [0.15, 0.2) is 39.8 Å². The maximum atomic E-state index is 14.7. The summed E-state index contributed by atoms with van der Waals surface area (Å²) in [6.45, 7) is 3.04. The Morgan fingerprint density at radius 2 is 1.77 bits per heavy atom. The summed E-state index contributed by atoms with van der Waals surface area (Å²) in [5.41, 5.74) is -2.05. The minimum absolute atomic E-state index is 0.00698. The van der Waals surface area contributed by atoms with Crippen molar-refractivity contribution in [2.24, 2.45) is 11.1 Å². The van der Waals surface area contributed by atoms with Gasteiger partial charge >= 0.3 is 5.69 Å². The number of rotatable bonds is 4. The third kappa shape index (κ3) is 5.68. The fourth-order valence-electron chi connectivity index (χ4n) is 4.16. The number of methoxy groups -OCH3 is 1. The van der Waals surface area contributed by atoms with E-state index in [4.69, 9.17) is 14.4 Å². The van der Waals surface area contributed by atoms with Crippen molar-refractivity contribution >= 4 is 22.9 Å². The van der Waals surface area contributed by atoms with Crippen LogP contribution in [0.2, 0.25) is 0 Å². The number of nitrogens with zero attached hydrogens (tertiary/aromatic N) is 3. The summed E-state index contributed by atoms with van der Waals surface area (Å²) in [5.74, 6) is -7.91. The van der Waals surface area contributed by atoms with E-state index >= 15 is 0 Å². The zero-order valence-corrected chi connectivity index (χ0v) is 22.5. The zero-order valence-electron chi connectivity index (χ0n) is 21.7. The maximum Gasteiger partial charge on any atom is 0.334 e. The predicted molar refractivity (Wildman–Crippen MR) is 138 cm³/mol. The predicted octanol–water partition coefficient (Wildman–Crippen LogP) is 5.49. The van der Waals surface area contributed by atoms with Crippen LogP contribution in [0.5, 0.6) is 5.75 Å². The van der Waals surface area contributed by atoms with Crippen molar-refractivity contribution in [2.75, 3.05) is 27.1 Å². The lowest BCUT2D eigenvalue weighted by Gasteiger charge is -2.13. The number of nitrogens with two attached hydrogens (primary N) is 1. The highest BCUT2D eigenvalue weighted by Crippen LogP contribution is 2.43. The monoisotopic (exact) mass is 574 g/mol. The van der Waals surface area contributed by atoms with Gasteiger partial charge in [-0.3, -0.25) is 9.71 Å². The molecule has 2 N–H and O–H groups in total. The van der Waals surface area contributed by atoms with Crippen LogP contribution in [0.3, 0.4) is 0 Å². The van der Waals surface area contributed by atoms with Crippen molar-refractivity contribution in [2.45, 2.75) is 26.3 Å². The van der Waals surface area contributed by atoms with Crippen LogP contribution in [0.1, 0.15) is 19.5 Å². The van der Waals surface area contributed by atoms with Crippen molar-refractivity contribution in [3.63, 3.8) is 0 Å². The first-order chi connectivity index (χ1) is 18.5. The molecule has 0 spiro atoms. The normalized spacial score (nSPS) is 15.3. The van der Waals surface area contributed by atoms with Gasteiger partial charge in [0.15, 0.2) is 11.4 Å². The Hall–Kier alpha value is -3.36. The first kappa shape index (κ1) is 30.2. The summed E-state index contributed by atoms with van der Waals surface area (Å²) in [6, 6.07) is 3.69. The van der Waals surface area contributed by atoms with Gasteiger partial charge in [0.2, 0.25) is 0 Å². The topological polar surface area (TPSA) is 97.4 Å². The molecule has 14 heteroatoms. The standard InChI is InChI=1S/C22H16F5N3O3.C2H6O.CH5NS/c1-3-32-12-6-13(18-14(24)4-11(23)5-15(18)25)19-16(7-12)33-28-20(19)30-9-17-22(26,27)10(2)8-29(17)21(30)31;2*1-3-2/h4-7,9-10H,3,8H2,1-2H3;1-2H3;2H2,1H3/t10-;;/m1../s1. The number of halogens is 5. The smallest absolute Gasteiger partial charge is 0.334 e. The SMILES string of the molecule is CCOc1cc(-c2c(F)cc(F)cc2F)c2c(-n3cc4n(c3=O)C[C@@H](C)C4(F)F)noc2c1.COC.CSN. The molecule has 0 saturated heterocycles. The molecule has 0 unspecified atom stereocenters. The molecule has 212 valence electrons. The Labute approximate surface area is 224 Å². The second-order valence-electron chi connectivity index (χ2n) is 8.47. The lowest BCUT2D eigenvalue weighted by atomic mass is 9.99. The molecular weight excluding hydrogens is 547 g/mol. The summed E-state index contributed by atoms with van der Waals surface area (Å²) < 4.78 is 88.7. The van der Waals surface area contributed by atoms with Gasteiger partial charge in [-0.25, -0.2) is 22.5 Å². The average molecular weight is 575 g/mol. The van der Waals surface area contributed by atoms with Crippen LogP contribution in [0, 0.1) is 23.4 Å². The molecule has 0 saturated carbocycles. The van der Waals surface area contributed by atoms with Crippen LogP contribution in [0.25, 0.3) is 27.9 Å². The number of benzene rings is 2. The van der Waals surface area contributed by atoms with Gasteiger partial charge in [0.05, 0.1) is 17.6 Å². The van der Waals surface area contributed by atoms with Gasteiger partial charge in [0.25, 0.3) is 5.92 Å². The molecule has 2 aromatic heterocycles. The van der Waals surface area contributed by atoms with E-state index in [1.165, 1.54) is 31.0 Å². The van der Waals surface area contributed by atoms with Crippen molar-refractivity contribution in [3.8, 4) is 22.7 Å². The summed E-state index contributed by atoms with van der Waals surface area (Å²) in [5, 5.41) is 8.57. The number of hydrogen-bond donors (Lipinski definition) is 1. The molecule has 5 rings (SSSR count). The first-order valence-corrected chi connectivity index (χ1v) is 12.8. The van der Waals surface area contributed by atoms with Gasteiger partial charge < -0.3 is 14.0 Å². The molecular formula is C25H27F5N4O4S. The molecule has 0 radical (unpaired) electrons. The van der Waals surface area contributed by atoms with E-state index < -0.39 is 46.2 Å².